The maximum atomic E-state index is 9.68. The summed E-state index contributed by atoms with van der Waals surface area (Å²) in [7, 11) is 0. The Morgan fingerprint density at radius 3 is 2.71 bits per heavy atom. The van der Waals surface area contributed by atoms with E-state index >= 15 is 0 Å². The van der Waals surface area contributed by atoms with Gasteiger partial charge in [0.2, 0.25) is 5.88 Å². The monoisotopic (exact) mass is 477 g/mol. The largest absolute Gasteiger partial charge is 0.477 e. The third kappa shape index (κ3) is 5.15. The van der Waals surface area contributed by atoms with Crippen molar-refractivity contribution in [1.82, 2.24) is 19.9 Å². The number of benzene rings is 1. The van der Waals surface area contributed by atoms with Gasteiger partial charge in [-0.05, 0) is 43.4 Å². The number of fused-ring (bicyclic) bond motifs is 2. The van der Waals surface area contributed by atoms with Gasteiger partial charge in [0.25, 0.3) is 0 Å². The molecule has 0 radical (unpaired) electrons. The van der Waals surface area contributed by atoms with Gasteiger partial charge in [0.05, 0.1) is 18.1 Å². The van der Waals surface area contributed by atoms with E-state index in [1.165, 1.54) is 18.4 Å². The zero-order valence-electron chi connectivity index (χ0n) is 20.3. The second-order valence-corrected chi connectivity index (χ2v) is 10.4. The Bertz CT molecular complexity index is 1110. The highest BCUT2D eigenvalue weighted by atomic mass is 16.5. The Hall–Kier alpha value is -2.68. The summed E-state index contributed by atoms with van der Waals surface area (Å²) in [6.07, 6.45) is 5.88. The van der Waals surface area contributed by atoms with Crippen molar-refractivity contribution >= 4 is 16.8 Å². The van der Waals surface area contributed by atoms with E-state index in [4.69, 9.17) is 9.26 Å². The standard InChI is InChI=1S/C27H35N5O3/c33-23-9-11-30(12-10-23)16-20-6-8-26(28-15-20)34-19-21-5-7-22-18-32(14-13-31(22)17-21)27-24-3-1-2-4-25(24)35-29-27/h1-4,6,8,15,21-23,33H,5,7,9-14,16-19H2/t21-,22-/m1/s1. The first-order valence-corrected chi connectivity index (χ1v) is 13.0. The molecule has 0 bridgehead atoms. The van der Waals surface area contributed by atoms with Crippen LogP contribution in [0.3, 0.4) is 0 Å². The van der Waals surface area contributed by atoms with Crippen LogP contribution >= 0.6 is 0 Å². The van der Waals surface area contributed by atoms with Gasteiger partial charge in [-0.3, -0.25) is 9.80 Å². The molecular weight excluding hydrogens is 442 g/mol. The van der Waals surface area contributed by atoms with Gasteiger partial charge < -0.3 is 19.3 Å². The average molecular weight is 478 g/mol. The predicted octanol–water partition coefficient (Wildman–Crippen LogP) is 3.16. The van der Waals surface area contributed by atoms with Crippen molar-refractivity contribution in [3.63, 3.8) is 0 Å². The maximum absolute atomic E-state index is 9.68. The van der Waals surface area contributed by atoms with Crippen molar-refractivity contribution in [3.05, 3.63) is 48.2 Å². The lowest BCUT2D eigenvalue weighted by Crippen LogP contribution is -2.57. The molecule has 3 aromatic rings. The van der Waals surface area contributed by atoms with Crippen LogP contribution in [-0.4, -0.2) is 83.1 Å². The summed E-state index contributed by atoms with van der Waals surface area (Å²) in [6.45, 7) is 7.61. The van der Waals surface area contributed by atoms with E-state index in [9.17, 15) is 5.11 Å². The van der Waals surface area contributed by atoms with Crippen LogP contribution in [0.15, 0.2) is 47.1 Å². The topological polar surface area (TPSA) is 78.1 Å². The number of hydrogen-bond donors (Lipinski definition) is 1. The highest BCUT2D eigenvalue weighted by molar-refractivity contribution is 5.88. The summed E-state index contributed by atoms with van der Waals surface area (Å²) >= 11 is 0. The normalized spacial score (nSPS) is 24.5. The quantitative estimate of drug-likeness (QED) is 0.580. The number of piperidine rings is 2. The van der Waals surface area contributed by atoms with Gasteiger partial charge >= 0.3 is 0 Å². The summed E-state index contributed by atoms with van der Waals surface area (Å²) in [5, 5.41) is 15.2. The average Bonchev–Trinajstić information content (AvgIpc) is 3.33. The van der Waals surface area contributed by atoms with Crippen molar-refractivity contribution in [3.8, 4) is 5.88 Å². The van der Waals surface area contributed by atoms with E-state index in [0.29, 0.717) is 17.8 Å². The minimum atomic E-state index is -0.132. The number of para-hydroxylation sites is 1. The fourth-order valence-corrected chi connectivity index (χ4v) is 5.82. The minimum Gasteiger partial charge on any atom is -0.477 e. The van der Waals surface area contributed by atoms with E-state index in [1.807, 2.05) is 30.5 Å². The molecule has 0 spiro atoms. The summed E-state index contributed by atoms with van der Waals surface area (Å²) in [4.78, 5) is 12.0. The van der Waals surface area contributed by atoms with Gasteiger partial charge in [-0.25, -0.2) is 4.98 Å². The fourth-order valence-electron chi connectivity index (χ4n) is 5.82. The molecule has 8 nitrogen and oxygen atoms in total. The first kappa shape index (κ1) is 22.8. The van der Waals surface area contributed by atoms with E-state index in [1.54, 1.807) is 0 Å². The molecule has 0 amide bonds. The Balaban J connectivity index is 0.976. The lowest BCUT2D eigenvalue weighted by molar-refractivity contribution is 0.0716. The van der Waals surface area contributed by atoms with Crippen LogP contribution in [0, 0.1) is 5.92 Å². The number of aliphatic hydroxyl groups is 1. The molecule has 2 aromatic heterocycles. The Morgan fingerprint density at radius 1 is 0.971 bits per heavy atom. The third-order valence-corrected chi connectivity index (χ3v) is 7.89. The van der Waals surface area contributed by atoms with Crippen molar-refractivity contribution < 1.29 is 14.4 Å². The first-order chi connectivity index (χ1) is 17.2. The molecule has 1 aromatic carbocycles. The van der Waals surface area contributed by atoms with E-state index in [2.05, 4.69) is 37.0 Å². The van der Waals surface area contributed by atoms with Crippen LogP contribution in [-0.2, 0) is 6.54 Å². The SMILES string of the molecule is OC1CCN(Cc2ccc(OC[C@@H]3CC[C@@H]4CN(c5noc6ccccc56)CCN4C3)nc2)CC1. The molecule has 2 atom stereocenters. The summed E-state index contributed by atoms with van der Waals surface area (Å²) < 4.78 is 11.6. The minimum absolute atomic E-state index is 0.132. The number of rotatable bonds is 6. The van der Waals surface area contributed by atoms with Crippen molar-refractivity contribution in [2.45, 2.75) is 44.4 Å². The Labute approximate surface area is 206 Å². The Kier molecular flexibility index (Phi) is 6.59. The van der Waals surface area contributed by atoms with Crippen LogP contribution in [0.5, 0.6) is 5.88 Å². The van der Waals surface area contributed by atoms with Gasteiger partial charge in [0.15, 0.2) is 11.4 Å². The molecule has 0 saturated carbocycles. The number of aliphatic hydroxyl groups excluding tert-OH is 1. The highest BCUT2D eigenvalue weighted by Crippen LogP contribution is 2.31. The highest BCUT2D eigenvalue weighted by Gasteiger charge is 2.34. The van der Waals surface area contributed by atoms with Gasteiger partial charge in [-0.2, -0.15) is 0 Å². The van der Waals surface area contributed by atoms with Crippen LogP contribution in [0.25, 0.3) is 11.0 Å². The van der Waals surface area contributed by atoms with E-state index in [0.717, 1.165) is 82.0 Å². The van der Waals surface area contributed by atoms with Crippen molar-refractivity contribution in [2.75, 3.05) is 50.8 Å². The van der Waals surface area contributed by atoms with Crippen LogP contribution in [0.1, 0.15) is 31.2 Å². The first-order valence-electron chi connectivity index (χ1n) is 13.0. The number of pyridine rings is 1. The summed E-state index contributed by atoms with van der Waals surface area (Å²) in [5.41, 5.74) is 2.06. The molecule has 35 heavy (non-hydrogen) atoms. The molecule has 8 heteroatoms. The van der Waals surface area contributed by atoms with Crippen molar-refractivity contribution in [1.29, 1.82) is 0 Å². The van der Waals surface area contributed by atoms with Gasteiger partial charge in [0.1, 0.15) is 0 Å². The van der Waals surface area contributed by atoms with Crippen LogP contribution in [0.2, 0.25) is 0 Å². The van der Waals surface area contributed by atoms with E-state index < -0.39 is 0 Å². The molecule has 0 unspecified atom stereocenters. The van der Waals surface area contributed by atoms with Crippen LogP contribution < -0.4 is 9.64 Å². The second kappa shape index (κ2) is 10.1. The number of anilines is 1. The third-order valence-electron chi connectivity index (χ3n) is 7.89. The number of ether oxygens (including phenoxy) is 1. The molecular formula is C27H35N5O3. The Morgan fingerprint density at radius 2 is 1.86 bits per heavy atom. The number of aromatic nitrogens is 2. The predicted molar refractivity (Wildman–Crippen MR) is 135 cm³/mol. The maximum Gasteiger partial charge on any atom is 0.213 e. The number of nitrogens with zero attached hydrogens (tertiary/aromatic N) is 5. The number of likely N-dealkylation sites (tertiary alicyclic amines) is 1. The summed E-state index contributed by atoms with van der Waals surface area (Å²) in [5.74, 6) is 2.23. The molecule has 6 rings (SSSR count). The molecule has 3 fully saturated rings. The van der Waals surface area contributed by atoms with Gasteiger partial charge in [-0.15, -0.1) is 0 Å². The molecule has 3 aliphatic rings. The molecule has 186 valence electrons. The molecule has 3 aliphatic heterocycles. The lowest BCUT2D eigenvalue weighted by Gasteiger charge is -2.46. The number of piperazine rings is 1. The zero-order valence-corrected chi connectivity index (χ0v) is 20.3. The number of hydrogen-bond acceptors (Lipinski definition) is 8. The fraction of sp³-hybridized carbons (Fsp3) is 0.556. The molecule has 0 aliphatic carbocycles. The lowest BCUT2D eigenvalue weighted by atomic mass is 9.91. The second-order valence-electron chi connectivity index (χ2n) is 10.4. The zero-order chi connectivity index (χ0) is 23.6. The smallest absolute Gasteiger partial charge is 0.213 e. The summed E-state index contributed by atoms with van der Waals surface area (Å²) in [6, 6.07) is 12.8. The van der Waals surface area contributed by atoms with Gasteiger partial charge in [0, 0.05) is 70.0 Å². The molecule has 1 N–H and O–H groups in total. The molecule has 5 heterocycles. The van der Waals surface area contributed by atoms with Crippen molar-refractivity contribution in [2.24, 2.45) is 5.92 Å². The van der Waals surface area contributed by atoms with Gasteiger partial charge in [-0.1, -0.05) is 23.4 Å². The van der Waals surface area contributed by atoms with E-state index in [-0.39, 0.29) is 6.10 Å². The molecule has 3 saturated heterocycles. The van der Waals surface area contributed by atoms with Crippen LogP contribution in [0.4, 0.5) is 5.82 Å².